The van der Waals surface area contributed by atoms with E-state index in [9.17, 15) is 4.79 Å². The van der Waals surface area contributed by atoms with Crippen LogP contribution in [0.4, 0.5) is 5.69 Å². The normalized spacial score (nSPS) is 10.8. The number of hydrogen-bond acceptors (Lipinski definition) is 6. The monoisotopic (exact) mass is 394 g/mol. The summed E-state index contributed by atoms with van der Waals surface area (Å²) in [7, 11) is 0. The lowest BCUT2D eigenvalue weighted by Gasteiger charge is -2.09. The molecule has 0 bridgehead atoms. The van der Waals surface area contributed by atoms with E-state index in [1.54, 1.807) is 0 Å². The average molecular weight is 394 g/mol. The molecule has 2 aromatic carbocycles. The van der Waals surface area contributed by atoms with Crippen LogP contribution in [0.3, 0.4) is 0 Å². The van der Waals surface area contributed by atoms with Gasteiger partial charge in [-0.1, -0.05) is 17.3 Å². The summed E-state index contributed by atoms with van der Waals surface area (Å²) in [5.74, 6) is 1.87. The Bertz CT molecular complexity index is 918. The number of nitrogens with one attached hydrogen (secondary N) is 2. The zero-order chi connectivity index (χ0) is 20.6. The quantitative estimate of drug-likeness (QED) is 0.574. The summed E-state index contributed by atoms with van der Waals surface area (Å²) in [4.78, 5) is 16.2. The SMILES string of the molecule is CCOc1ccc(-c2noc(CNc3ccc(CC(=O)NC(C)C)cc3)n2)cc1. The van der Waals surface area contributed by atoms with Crippen LogP contribution in [0.1, 0.15) is 32.2 Å². The Morgan fingerprint density at radius 3 is 2.48 bits per heavy atom. The standard InChI is InChI=1S/C22H26N4O3/c1-4-28-19-11-7-17(8-12-19)22-25-21(29-26-22)14-23-18-9-5-16(6-10-18)13-20(27)24-15(2)3/h5-12,15,23H,4,13-14H2,1-3H3,(H,24,27). The maximum Gasteiger partial charge on any atom is 0.246 e. The smallest absolute Gasteiger partial charge is 0.246 e. The van der Waals surface area contributed by atoms with Gasteiger partial charge in [0.25, 0.3) is 0 Å². The van der Waals surface area contributed by atoms with E-state index in [4.69, 9.17) is 9.26 Å². The summed E-state index contributed by atoms with van der Waals surface area (Å²) in [5, 5.41) is 10.2. The maximum atomic E-state index is 11.8. The molecule has 7 nitrogen and oxygen atoms in total. The Hall–Kier alpha value is -3.35. The van der Waals surface area contributed by atoms with Gasteiger partial charge in [0, 0.05) is 17.3 Å². The van der Waals surface area contributed by atoms with E-state index in [1.807, 2.05) is 69.3 Å². The Balaban J connectivity index is 1.53. The highest BCUT2D eigenvalue weighted by Crippen LogP contribution is 2.20. The van der Waals surface area contributed by atoms with Crippen LogP contribution in [0.2, 0.25) is 0 Å². The molecule has 1 amide bonds. The molecule has 0 saturated heterocycles. The number of rotatable bonds is 9. The van der Waals surface area contributed by atoms with E-state index in [-0.39, 0.29) is 11.9 Å². The minimum atomic E-state index is 0.0217. The van der Waals surface area contributed by atoms with Crippen molar-refractivity contribution >= 4 is 11.6 Å². The Morgan fingerprint density at radius 2 is 1.83 bits per heavy atom. The molecule has 0 unspecified atom stereocenters. The minimum Gasteiger partial charge on any atom is -0.494 e. The van der Waals surface area contributed by atoms with Gasteiger partial charge in [-0.25, -0.2) is 0 Å². The van der Waals surface area contributed by atoms with Gasteiger partial charge in [-0.2, -0.15) is 4.98 Å². The third-order valence-electron chi connectivity index (χ3n) is 4.10. The van der Waals surface area contributed by atoms with Crippen LogP contribution in [0.15, 0.2) is 53.1 Å². The third-order valence-corrected chi connectivity index (χ3v) is 4.10. The summed E-state index contributed by atoms with van der Waals surface area (Å²) in [6.45, 7) is 6.89. The number of anilines is 1. The van der Waals surface area contributed by atoms with Crippen LogP contribution < -0.4 is 15.4 Å². The summed E-state index contributed by atoms with van der Waals surface area (Å²) in [6.07, 6.45) is 0.369. The van der Waals surface area contributed by atoms with E-state index >= 15 is 0 Å². The number of hydrogen-bond donors (Lipinski definition) is 2. The first-order chi connectivity index (χ1) is 14.0. The first-order valence-electron chi connectivity index (χ1n) is 9.71. The van der Waals surface area contributed by atoms with Crippen LogP contribution in [0, 0.1) is 0 Å². The van der Waals surface area contributed by atoms with Crippen LogP contribution in [-0.2, 0) is 17.8 Å². The predicted molar refractivity (Wildman–Crippen MR) is 112 cm³/mol. The van der Waals surface area contributed by atoms with Crippen molar-refractivity contribution in [1.82, 2.24) is 15.5 Å². The Morgan fingerprint density at radius 1 is 1.10 bits per heavy atom. The first kappa shape index (κ1) is 20.4. The van der Waals surface area contributed by atoms with Crippen molar-refractivity contribution in [3.8, 4) is 17.1 Å². The number of nitrogens with zero attached hydrogens (tertiary/aromatic N) is 2. The van der Waals surface area contributed by atoms with Crippen LogP contribution in [0.25, 0.3) is 11.4 Å². The van der Waals surface area contributed by atoms with Gasteiger partial charge >= 0.3 is 0 Å². The topological polar surface area (TPSA) is 89.3 Å². The number of ether oxygens (including phenoxy) is 1. The van der Waals surface area contributed by atoms with Gasteiger partial charge in [0.2, 0.25) is 17.6 Å². The lowest BCUT2D eigenvalue weighted by atomic mass is 10.1. The zero-order valence-electron chi connectivity index (χ0n) is 16.9. The van der Waals surface area contributed by atoms with Crippen molar-refractivity contribution in [2.45, 2.75) is 39.8 Å². The van der Waals surface area contributed by atoms with E-state index in [0.717, 1.165) is 22.6 Å². The first-order valence-corrected chi connectivity index (χ1v) is 9.71. The van der Waals surface area contributed by atoms with Crippen molar-refractivity contribution in [2.75, 3.05) is 11.9 Å². The maximum absolute atomic E-state index is 11.8. The van der Waals surface area contributed by atoms with Crippen LogP contribution in [-0.4, -0.2) is 28.7 Å². The minimum absolute atomic E-state index is 0.0217. The molecule has 0 fully saturated rings. The van der Waals surface area contributed by atoms with Gasteiger partial charge in [0.05, 0.1) is 19.6 Å². The average Bonchev–Trinajstić information content (AvgIpc) is 3.17. The predicted octanol–water partition coefficient (Wildman–Crippen LogP) is 3.81. The van der Waals surface area contributed by atoms with Crippen molar-refractivity contribution in [2.24, 2.45) is 0 Å². The second-order valence-electron chi connectivity index (χ2n) is 6.92. The molecule has 0 aliphatic heterocycles. The molecule has 3 aromatic rings. The molecule has 0 atom stereocenters. The van der Waals surface area contributed by atoms with Crippen molar-refractivity contribution in [3.63, 3.8) is 0 Å². The van der Waals surface area contributed by atoms with Crippen molar-refractivity contribution in [1.29, 1.82) is 0 Å². The number of amides is 1. The van der Waals surface area contributed by atoms with E-state index in [2.05, 4.69) is 20.8 Å². The van der Waals surface area contributed by atoms with Gasteiger partial charge in [0.1, 0.15) is 5.75 Å². The molecule has 0 spiro atoms. The summed E-state index contributed by atoms with van der Waals surface area (Å²) >= 11 is 0. The lowest BCUT2D eigenvalue weighted by Crippen LogP contribution is -2.31. The fourth-order valence-electron chi connectivity index (χ4n) is 2.79. The molecular weight excluding hydrogens is 368 g/mol. The van der Waals surface area contributed by atoms with Gasteiger partial charge in [-0.15, -0.1) is 0 Å². The van der Waals surface area contributed by atoms with Crippen LogP contribution >= 0.6 is 0 Å². The molecule has 152 valence electrons. The number of benzene rings is 2. The highest BCUT2D eigenvalue weighted by molar-refractivity contribution is 5.78. The zero-order valence-corrected chi connectivity index (χ0v) is 16.9. The molecule has 1 heterocycles. The second kappa shape index (κ2) is 9.73. The number of aromatic nitrogens is 2. The molecule has 29 heavy (non-hydrogen) atoms. The fourth-order valence-corrected chi connectivity index (χ4v) is 2.79. The third kappa shape index (κ3) is 6.07. The number of carbonyl (C=O) groups excluding carboxylic acids is 1. The van der Waals surface area contributed by atoms with E-state index < -0.39 is 0 Å². The van der Waals surface area contributed by atoms with Crippen LogP contribution in [0.5, 0.6) is 5.75 Å². The van der Waals surface area contributed by atoms with Gasteiger partial charge in [0.15, 0.2) is 0 Å². The van der Waals surface area contributed by atoms with E-state index in [0.29, 0.717) is 31.3 Å². The molecular formula is C22H26N4O3. The lowest BCUT2D eigenvalue weighted by molar-refractivity contribution is -0.120. The molecule has 1 aromatic heterocycles. The highest BCUT2D eigenvalue weighted by atomic mass is 16.5. The summed E-state index contributed by atoms with van der Waals surface area (Å²) < 4.78 is 10.8. The molecule has 2 N–H and O–H groups in total. The van der Waals surface area contributed by atoms with Crippen molar-refractivity contribution in [3.05, 3.63) is 60.0 Å². The molecule has 0 saturated carbocycles. The number of carbonyl (C=O) groups is 1. The fraction of sp³-hybridized carbons (Fsp3) is 0.318. The molecule has 0 aliphatic rings. The summed E-state index contributed by atoms with van der Waals surface area (Å²) in [5.41, 5.74) is 2.75. The second-order valence-corrected chi connectivity index (χ2v) is 6.92. The van der Waals surface area contributed by atoms with Gasteiger partial charge in [-0.05, 0) is 62.7 Å². The Labute approximate surface area is 170 Å². The van der Waals surface area contributed by atoms with E-state index in [1.165, 1.54) is 0 Å². The van der Waals surface area contributed by atoms with Gasteiger partial charge in [-0.3, -0.25) is 4.79 Å². The highest BCUT2D eigenvalue weighted by Gasteiger charge is 2.09. The Kier molecular flexibility index (Phi) is 6.84. The summed E-state index contributed by atoms with van der Waals surface area (Å²) in [6, 6.07) is 15.5. The molecule has 3 rings (SSSR count). The molecule has 0 radical (unpaired) electrons. The van der Waals surface area contributed by atoms with Crippen molar-refractivity contribution < 1.29 is 14.1 Å². The molecule has 0 aliphatic carbocycles. The largest absolute Gasteiger partial charge is 0.494 e. The van der Waals surface area contributed by atoms with Gasteiger partial charge < -0.3 is 19.9 Å². The molecule has 7 heteroatoms.